The third-order valence-electron chi connectivity index (χ3n) is 7.52. The van der Waals surface area contributed by atoms with Crippen molar-refractivity contribution in [2.75, 3.05) is 13.2 Å². The number of carboxylic acid groups (broad SMARTS) is 1. The number of ether oxygens (including phenoxy) is 2. The lowest BCUT2D eigenvalue weighted by Crippen LogP contribution is -2.51. The van der Waals surface area contributed by atoms with Crippen LogP contribution in [-0.2, 0) is 30.5 Å². The van der Waals surface area contributed by atoms with Crippen molar-refractivity contribution in [2.45, 2.75) is 45.3 Å². The molecule has 0 saturated carbocycles. The SMILES string of the molecule is CCC(C)(CNC(=O)[C@H](CC(=O)OCc1ccccc1)NC(=O)OCC1c2ccccc2-c2ccccc21)C(=O)O. The molecule has 2 amide bonds. The predicted molar refractivity (Wildman–Crippen MR) is 152 cm³/mol. The number of amides is 2. The first-order chi connectivity index (χ1) is 19.7. The second-order valence-electron chi connectivity index (χ2n) is 10.3. The van der Waals surface area contributed by atoms with Gasteiger partial charge < -0.3 is 25.2 Å². The summed E-state index contributed by atoms with van der Waals surface area (Å²) in [5.41, 5.74) is 3.78. The number of carbonyl (C=O) groups is 4. The van der Waals surface area contributed by atoms with Crippen LogP contribution >= 0.6 is 0 Å². The molecule has 0 fully saturated rings. The normalized spacial score (nSPS) is 14.1. The van der Waals surface area contributed by atoms with Crippen LogP contribution in [0.4, 0.5) is 4.79 Å². The van der Waals surface area contributed by atoms with Crippen molar-refractivity contribution < 1.29 is 33.8 Å². The zero-order valence-corrected chi connectivity index (χ0v) is 23.1. The molecule has 4 rings (SSSR count). The molecule has 0 aromatic heterocycles. The van der Waals surface area contributed by atoms with Crippen LogP contribution in [0.5, 0.6) is 0 Å². The molecule has 0 spiro atoms. The van der Waals surface area contributed by atoms with Gasteiger partial charge in [0, 0.05) is 12.5 Å². The highest BCUT2D eigenvalue weighted by Crippen LogP contribution is 2.44. The molecular formula is C32H34N2O7. The van der Waals surface area contributed by atoms with E-state index in [1.807, 2.05) is 66.7 Å². The average molecular weight is 559 g/mol. The topological polar surface area (TPSA) is 131 Å². The van der Waals surface area contributed by atoms with Crippen LogP contribution in [0, 0.1) is 5.41 Å². The summed E-state index contributed by atoms with van der Waals surface area (Å²) in [5, 5.41) is 14.6. The second-order valence-corrected chi connectivity index (χ2v) is 10.3. The molecule has 3 aromatic carbocycles. The highest BCUT2D eigenvalue weighted by molar-refractivity contribution is 5.90. The summed E-state index contributed by atoms with van der Waals surface area (Å²) < 4.78 is 10.9. The smallest absolute Gasteiger partial charge is 0.407 e. The van der Waals surface area contributed by atoms with Gasteiger partial charge in [0.05, 0.1) is 11.8 Å². The number of hydrogen-bond donors (Lipinski definition) is 3. The molecule has 2 atom stereocenters. The van der Waals surface area contributed by atoms with Crippen molar-refractivity contribution in [3.05, 3.63) is 95.6 Å². The third kappa shape index (κ3) is 7.11. The minimum atomic E-state index is -1.33. The van der Waals surface area contributed by atoms with Crippen molar-refractivity contribution in [2.24, 2.45) is 5.41 Å². The number of aliphatic carboxylic acids is 1. The number of nitrogens with one attached hydrogen (secondary N) is 2. The van der Waals surface area contributed by atoms with Gasteiger partial charge in [-0.25, -0.2) is 4.79 Å². The highest BCUT2D eigenvalue weighted by atomic mass is 16.5. The second kappa shape index (κ2) is 13.1. The van der Waals surface area contributed by atoms with Gasteiger partial charge in [-0.15, -0.1) is 0 Å². The maximum absolute atomic E-state index is 13.1. The van der Waals surface area contributed by atoms with Gasteiger partial charge in [-0.3, -0.25) is 14.4 Å². The van der Waals surface area contributed by atoms with Gasteiger partial charge in [0.2, 0.25) is 5.91 Å². The molecule has 0 bridgehead atoms. The molecule has 1 unspecified atom stereocenters. The lowest BCUT2D eigenvalue weighted by Gasteiger charge is -2.25. The van der Waals surface area contributed by atoms with Crippen LogP contribution in [-0.4, -0.2) is 48.2 Å². The number of carbonyl (C=O) groups excluding carboxylic acids is 3. The molecule has 0 aliphatic heterocycles. The molecule has 0 saturated heterocycles. The van der Waals surface area contributed by atoms with Crippen LogP contribution in [0.15, 0.2) is 78.9 Å². The largest absolute Gasteiger partial charge is 0.481 e. The predicted octanol–water partition coefficient (Wildman–Crippen LogP) is 4.64. The van der Waals surface area contributed by atoms with E-state index in [0.717, 1.165) is 27.8 Å². The molecule has 3 aromatic rings. The van der Waals surface area contributed by atoms with E-state index in [1.165, 1.54) is 6.92 Å². The van der Waals surface area contributed by atoms with E-state index in [4.69, 9.17) is 9.47 Å². The first kappa shape index (κ1) is 29.3. The number of benzene rings is 3. The Morgan fingerprint density at radius 2 is 1.46 bits per heavy atom. The fourth-order valence-corrected chi connectivity index (χ4v) is 4.71. The monoisotopic (exact) mass is 558 g/mol. The van der Waals surface area contributed by atoms with E-state index in [2.05, 4.69) is 10.6 Å². The summed E-state index contributed by atoms with van der Waals surface area (Å²) in [6, 6.07) is 23.5. The summed E-state index contributed by atoms with van der Waals surface area (Å²) in [7, 11) is 0. The van der Waals surface area contributed by atoms with Gasteiger partial charge in [0.15, 0.2) is 0 Å². The number of hydrogen-bond acceptors (Lipinski definition) is 6. The summed E-state index contributed by atoms with van der Waals surface area (Å²) in [6.07, 6.45) is -1.07. The fourth-order valence-electron chi connectivity index (χ4n) is 4.71. The maximum Gasteiger partial charge on any atom is 0.407 e. The number of rotatable bonds is 12. The molecule has 1 aliphatic rings. The summed E-state index contributed by atoms with van der Waals surface area (Å²) >= 11 is 0. The lowest BCUT2D eigenvalue weighted by molar-refractivity contribution is -0.149. The highest BCUT2D eigenvalue weighted by Gasteiger charge is 2.34. The molecule has 9 nitrogen and oxygen atoms in total. The molecule has 214 valence electrons. The molecule has 41 heavy (non-hydrogen) atoms. The molecule has 0 radical (unpaired) electrons. The van der Waals surface area contributed by atoms with Crippen molar-refractivity contribution in [1.82, 2.24) is 10.6 Å². The van der Waals surface area contributed by atoms with Crippen molar-refractivity contribution in [3.8, 4) is 11.1 Å². The third-order valence-corrected chi connectivity index (χ3v) is 7.52. The zero-order chi connectivity index (χ0) is 29.4. The molecule has 3 N–H and O–H groups in total. The Morgan fingerprint density at radius 3 is 2.05 bits per heavy atom. The van der Waals surface area contributed by atoms with Gasteiger partial charge in [-0.05, 0) is 41.2 Å². The van der Waals surface area contributed by atoms with Crippen LogP contribution < -0.4 is 10.6 Å². The van der Waals surface area contributed by atoms with Gasteiger partial charge in [-0.2, -0.15) is 0 Å². The average Bonchev–Trinajstić information content (AvgIpc) is 3.31. The fraction of sp³-hybridized carbons (Fsp3) is 0.312. The summed E-state index contributed by atoms with van der Waals surface area (Å²) in [6.45, 7) is 3.07. The van der Waals surface area contributed by atoms with Gasteiger partial charge >= 0.3 is 18.0 Å². The Morgan fingerprint density at radius 1 is 0.878 bits per heavy atom. The van der Waals surface area contributed by atoms with Gasteiger partial charge in [0.1, 0.15) is 19.3 Å². The summed E-state index contributed by atoms with van der Waals surface area (Å²) in [5.74, 6) is -2.67. The molecule has 0 heterocycles. The van der Waals surface area contributed by atoms with Crippen molar-refractivity contribution in [1.29, 1.82) is 0 Å². The number of esters is 1. The Balaban J connectivity index is 1.42. The van der Waals surface area contributed by atoms with Gasteiger partial charge in [0.25, 0.3) is 0 Å². The van der Waals surface area contributed by atoms with E-state index in [9.17, 15) is 24.3 Å². The zero-order valence-electron chi connectivity index (χ0n) is 23.1. The Hall–Kier alpha value is -4.66. The van der Waals surface area contributed by atoms with E-state index in [-0.39, 0.29) is 32.1 Å². The van der Waals surface area contributed by atoms with Crippen LogP contribution in [0.2, 0.25) is 0 Å². The minimum Gasteiger partial charge on any atom is -0.481 e. The van der Waals surface area contributed by atoms with Crippen LogP contribution in [0.3, 0.4) is 0 Å². The summed E-state index contributed by atoms with van der Waals surface area (Å²) in [4.78, 5) is 50.3. The minimum absolute atomic E-state index is 0.00583. The van der Waals surface area contributed by atoms with E-state index < -0.39 is 41.8 Å². The quantitative estimate of drug-likeness (QED) is 0.276. The maximum atomic E-state index is 13.1. The number of carboxylic acids is 1. The van der Waals surface area contributed by atoms with Crippen molar-refractivity contribution in [3.63, 3.8) is 0 Å². The van der Waals surface area contributed by atoms with E-state index in [1.54, 1.807) is 19.1 Å². The molecular weight excluding hydrogens is 524 g/mol. The Bertz CT molecular complexity index is 1360. The van der Waals surface area contributed by atoms with Gasteiger partial charge in [-0.1, -0.05) is 85.8 Å². The van der Waals surface area contributed by atoms with E-state index in [0.29, 0.717) is 0 Å². The van der Waals surface area contributed by atoms with E-state index >= 15 is 0 Å². The standard InChI is InChI=1S/C32H34N2O7/c1-3-32(2,30(37)38)20-33-29(36)27(17-28(35)40-18-21-11-5-4-6-12-21)34-31(39)41-19-26-24-15-9-7-13-22(24)23-14-8-10-16-25(23)26/h4-16,26-27H,3,17-20H2,1-2H3,(H,33,36)(H,34,39)(H,37,38)/t27-,32?/m0/s1. The first-order valence-corrected chi connectivity index (χ1v) is 13.5. The van der Waals surface area contributed by atoms with Crippen molar-refractivity contribution >= 4 is 23.9 Å². The molecule has 9 heteroatoms. The molecule has 1 aliphatic carbocycles. The Labute approximate surface area is 238 Å². The first-order valence-electron chi connectivity index (χ1n) is 13.5. The lowest BCUT2D eigenvalue weighted by atomic mass is 9.87. The number of fused-ring (bicyclic) bond motifs is 3. The van der Waals surface area contributed by atoms with Crippen LogP contribution in [0.1, 0.15) is 49.3 Å². The number of alkyl carbamates (subject to hydrolysis) is 1. The van der Waals surface area contributed by atoms with Crippen LogP contribution in [0.25, 0.3) is 11.1 Å². The Kier molecular flexibility index (Phi) is 9.39.